The summed E-state index contributed by atoms with van der Waals surface area (Å²) in [5.41, 5.74) is 0.551. The van der Waals surface area contributed by atoms with Gasteiger partial charge in [0.15, 0.2) is 11.5 Å². The number of hydrogen-bond donors (Lipinski definition) is 2. The minimum absolute atomic E-state index is 0.138. The normalized spacial score (nSPS) is 15.3. The number of piperidine rings is 1. The quantitative estimate of drug-likeness (QED) is 0.690. The van der Waals surface area contributed by atoms with Gasteiger partial charge in [-0.3, -0.25) is 9.52 Å². The third-order valence-electron chi connectivity index (χ3n) is 4.50. The lowest BCUT2D eigenvalue weighted by Gasteiger charge is -2.35. The van der Waals surface area contributed by atoms with E-state index in [0.29, 0.717) is 17.9 Å². The molecule has 0 unspecified atom stereocenters. The van der Waals surface area contributed by atoms with Crippen LogP contribution in [-0.2, 0) is 10.0 Å². The van der Waals surface area contributed by atoms with E-state index < -0.39 is 10.0 Å². The summed E-state index contributed by atoms with van der Waals surface area (Å²) in [6, 6.07) is 3.27. The van der Waals surface area contributed by atoms with Crippen LogP contribution in [0.4, 0.5) is 5.69 Å². The maximum Gasteiger partial charge on any atom is 0.254 e. The minimum atomic E-state index is -3.55. The van der Waals surface area contributed by atoms with Crippen LogP contribution >= 0.6 is 0 Å². The van der Waals surface area contributed by atoms with Gasteiger partial charge in [0, 0.05) is 18.2 Å². The highest BCUT2D eigenvalue weighted by atomic mass is 32.2. The average Bonchev–Trinajstić information content (AvgIpc) is 2.64. The van der Waals surface area contributed by atoms with Gasteiger partial charge >= 0.3 is 0 Å². The summed E-state index contributed by atoms with van der Waals surface area (Å²) < 4.78 is 36.5. The van der Waals surface area contributed by atoms with Crippen LogP contribution in [0.1, 0.15) is 36.5 Å². The molecular weight excluding hydrogens is 370 g/mol. The van der Waals surface area contributed by atoms with Crippen molar-refractivity contribution in [1.29, 1.82) is 0 Å². The number of hydrogen-bond acceptors (Lipinski definition) is 6. The number of ether oxygens (including phenoxy) is 2. The fraction of sp³-hybridized carbons (Fsp3) is 0.611. The van der Waals surface area contributed by atoms with Crippen molar-refractivity contribution >= 4 is 21.6 Å². The molecule has 0 aromatic heterocycles. The number of carbonyl (C=O) groups is 1. The Morgan fingerprint density at radius 2 is 1.93 bits per heavy atom. The van der Waals surface area contributed by atoms with Crippen molar-refractivity contribution in [2.45, 2.75) is 32.2 Å². The Hall–Kier alpha value is -2.00. The van der Waals surface area contributed by atoms with Crippen molar-refractivity contribution in [3.63, 3.8) is 0 Å². The Kier molecular flexibility index (Phi) is 7.32. The van der Waals surface area contributed by atoms with E-state index >= 15 is 0 Å². The first kappa shape index (κ1) is 21.3. The summed E-state index contributed by atoms with van der Waals surface area (Å²) in [7, 11) is -0.674. The molecule has 27 heavy (non-hydrogen) atoms. The molecule has 0 radical (unpaired) electrons. The van der Waals surface area contributed by atoms with Crippen molar-refractivity contribution in [2.24, 2.45) is 0 Å². The van der Waals surface area contributed by atoms with Gasteiger partial charge in [0.2, 0.25) is 10.0 Å². The lowest BCUT2D eigenvalue weighted by Crippen LogP contribution is -2.46. The topological polar surface area (TPSA) is 97.0 Å². The van der Waals surface area contributed by atoms with Crippen molar-refractivity contribution in [3.05, 3.63) is 17.7 Å². The molecule has 1 fully saturated rings. The molecule has 0 aliphatic carbocycles. The molecule has 1 heterocycles. The van der Waals surface area contributed by atoms with Crippen LogP contribution in [0.25, 0.3) is 0 Å². The zero-order valence-corrected chi connectivity index (χ0v) is 17.2. The molecule has 9 heteroatoms. The number of anilines is 1. The lowest BCUT2D eigenvalue weighted by atomic mass is 10.0. The van der Waals surface area contributed by atoms with Crippen LogP contribution < -0.4 is 19.5 Å². The Labute approximate surface area is 161 Å². The van der Waals surface area contributed by atoms with E-state index in [2.05, 4.69) is 10.0 Å². The van der Waals surface area contributed by atoms with Crippen molar-refractivity contribution < 1.29 is 22.7 Å². The van der Waals surface area contributed by atoms with Crippen LogP contribution in [0.15, 0.2) is 12.1 Å². The predicted molar refractivity (Wildman–Crippen MR) is 105 cm³/mol. The molecule has 1 aromatic rings. The fourth-order valence-corrected chi connectivity index (χ4v) is 3.89. The smallest absolute Gasteiger partial charge is 0.254 e. The van der Waals surface area contributed by atoms with E-state index in [1.807, 2.05) is 11.8 Å². The van der Waals surface area contributed by atoms with Gasteiger partial charge in [-0.1, -0.05) is 6.92 Å². The number of benzene rings is 1. The molecule has 1 aliphatic heterocycles. The molecule has 1 aliphatic rings. The van der Waals surface area contributed by atoms with Gasteiger partial charge in [0.1, 0.15) is 0 Å². The number of sulfonamides is 1. The Morgan fingerprint density at radius 1 is 1.26 bits per heavy atom. The summed E-state index contributed by atoms with van der Waals surface area (Å²) in [6.07, 6.45) is 3.68. The summed E-state index contributed by atoms with van der Waals surface area (Å²) >= 11 is 0. The summed E-state index contributed by atoms with van der Waals surface area (Å²) in [5, 5.41) is 3.31. The monoisotopic (exact) mass is 399 g/mol. The summed E-state index contributed by atoms with van der Waals surface area (Å²) in [4.78, 5) is 15.1. The SMILES string of the molecule is CCCN(C(=O)c1cc(NS(C)(=O)=O)c(OC)c(OC)c1)C1CCNCC1. The second-order valence-corrected chi connectivity index (χ2v) is 8.36. The molecule has 1 aromatic carbocycles. The Balaban J connectivity index is 2.44. The van der Waals surface area contributed by atoms with Crippen LogP contribution in [0.2, 0.25) is 0 Å². The lowest BCUT2D eigenvalue weighted by molar-refractivity contribution is 0.0642. The van der Waals surface area contributed by atoms with Crippen LogP contribution in [0.3, 0.4) is 0 Å². The zero-order chi connectivity index (χ0) is 20.0. The maximum absolute atomic E-state index is 13.3. The molecule has 0 bridgehead atoms. The summed E-state index contributed by atoms with van der Waals surface area (Å²) in [5.74, 6) is 0.404. The van der Waals surface area contributed by atoms with Gasteiger partial charge < -0.3 is 19.7 Å². The van der Waals surface area contributed by atoms with Crippen LogP contribution in [-0.4, -0.2) is 65.4 Å². The molecule has 1 saturated heterocycles. The van der Waals surface area contributed by atoms with E-state index in [1.54, 1.807) is 6.07 Å². The largest absolute Gasteiger partial charge is 0.493 e. The van der Waals surface area contributed by atoms with Crippen LogP contribution in [0, 0.1) is 0 Å². The highest BCUT2D eigenvalue weighted by Gasteiger charge is 2.27. The average molecular weight is 400 g/mol. The van der Waals surface area contributed by atoms with E-state index in [4.69, 9.17) is 9.47 Å². The summed E-state index contributed by atoms with van der Waals surface area (Å²) in [6.45, 7) is 4.44. The number of amides is 1. The van der Waals surface area contributed by atoms with Gasteiger partial charge in [-0.2, -0.15) is 0 Å². The number of methoxy groups -OCH3 is 2. The molecule has 8 nitrogen and oxygen atoms in total. The van der Waals surface area contributed by atoms with Crippen molar-refractivity contribution in [3.8, 4) is 11.5 Å². The Bertz CT molecular complexity index is 761. The fourth-order valence-electron chi connectivity index (χ4n) is 3.34. The molecule has 2 N–H and O–H groups in total. The van der Waals surface area contributed by atoms with Gasteiger partial charge in [-0.05, 0) is 44.5 Å². The molecule has 0 spiro atoms. The van der Waals surface area contributed by atoms with Gasteiger partial charge in [0.25, 0.3) is 5.91 Å². The standard InChI is InChI=1S/C18H29N3O5S/c1-5-10-21(14-6-8-19-9-7-14)18(22)13-11-15(20-27(4,23)24)17(26-3)16(12-13)25-2/h11-12,14,19-20H,5-10H2,1-4H3. The zero-order valence-electron chi connectivity index (χ0n) is 16.4. The van der Waals surface area contributed by atoms with E-state index in [1.165, 1.54) is 20.3 Å². The molecule has 2 rings (SSSR count). The first-order chi connectivity index (χ1) is 12.8. The molecule has 152 valence electrons. The van der Waals surface area contributed by atoms with Gasteiger partial charge in [0.05, 0.1) is 26.2 Å². The van der Waals surface area contributed by atoms with Crippen LogP contribution in [0.5, 0.6) is 11.5 Å². The second kappa shape index (κ2) is 9.27. The maximum atomic E-state index is 13.3. The molecule has 0 atom stereocenters. The van der Waals surface area contributed by atoms with E-state index in [9.17, 15) is 13.2 Å². The van der Waals surface area contributed by atoms with E-state index in [-0.39, 0.29) is 23.4 Å². The molecule has 0 saturated carbocycles. The van der Waals surface area contributed by atoms with Crippen molar-refractivity contribution in [2.75, 3.05) is 44.8 Å². The number of nitrogens with zero attached hydrogens (tertiary/aromatic N) is 1. The third kappa shape index (κ3) is 5.49. The highest BCUT2D eigenvalue weighted by molar-refractivity contribution is 7.92. The number of carbonyl (C=O) groups excluding carboxylic acids is 1. The number of rotatable bonds is 8. The first-order valence-electron chi connectivity index (χ1n) is 9.06. The predicted octanol–water partition coefficient (Wildman–Crippen LogP) is 1.68. The highest BCUT2D eigenvalue weighted by Crippen LogP contribution is 2.37. The first-order valence-corrected chi connectivity index (χ1v) is 10.9. The van der Waals surface area contributed by atoms with Gasteiger partial charge in [-0.25, -0.2) is 8.42 Å². The minimum Gasteiger partial charge on any atom is -0.493 e. The van der Waals surface area contributed by atoms with E-state index in [0.717, 1.165) is 38.6 Å². The second-order valence-electron chi connectivity index (χ2n) is 6.61. The third-order valence-corrected chi connectivity index (χ3v) is 5.09. The Morgan fingerprint density at radius 3 is 2.44 bits per heavy atom. The molecular formula is C18H29N3O5S. The van der Waals surface area contributed by atoms with Gasteiger partial charge in [-0.15, -0.1) is 0 Å². The van der Waals surface area contributed by atoms with Crippen molar-refractivity contribution in [1.82, 2.24) is 10.2 Å². The number of nitrogens with one attached hydrogen (secondary N) is 2. The molecule has 1 amide bonds.